The molecule has 1 fully saturated rings. The van der Waals surface area contributed by atoms with Gasteiger partial charge in [-0.05, 0) is 19.1 Å². The lowest BCUT2D eigenvalue weighted by Crippen LogP contribution is -2.47. The summed E-state index contributed by atoms with van der Waals surface area (Å²) in [6.45, 7) is 2.05. The maximum absolute atomic E-state index is 12.1. The second-order valence-electron chi connectivity index (χ2n) is 4.62. The fourth-order valence-electron chi connectivity index (χ4n) is 1.96. The molecule has 0 aliphatic carbocycles. The molecule has 1 saturated heterocycles. The highest BCUT2D eigenvalue weighted by Crippen LogP contribution is 2.26. The van der Waals surface area contributed by atoms with E-state index in [-0.39, 0.29) is 16.5 Å². The molecule has 0 amide bonds. The first-order valence-corrected chi connectivity index (χ1v) is 7.79. The van der Waals surface area contributed by atoms with E-state index < -0.39 is 21.7 Å². The van der Waals surface area contributed by atoms with Crippen LogP contribution in [0, 0.1) is 0 Å². The minimum atomic E-state index is -3.74. The largest absolute Gasteiger partial charge is 0.386 e. The van der Waals surface area contributed by atoms with Crippen LogP contribution in [0.1, 0.15) is 13.3 Å². The Balaban J connectivity index is 2.13. The number of sulfonamides is 1. The van der Waals surface area contributed by atoms with Crippen LogP contribution in [0.2, 0.25) is 5.02 Å². The van der Waals surface area contributed by atoms with E-state index in [0.29, 0.717) is 13.0 Å². The Morgan fingerprint density at radius 3 is 2.79 bits per heavy atom. The third-order valence-electron chi connectivity index (χ3n) is 3.35. The number of aliphatic hydroxyl groups is 1. The summed E-state index contributed by atoms with van der Waals surface area (Å²) in [7, 11) is -3.74. The van der Waals surface area contributed by atoms with Gasteiger partial charge in [-0.25, -0.2) is 13.1 Å². The van der Waals surface area contributed by atoms with Crippen molar-refractivity contribution >= 4 is 21.6 Å². The minimum absolute atomic E-state index is 0.00633. The maximum atomic E-state index is 12.1. The molecule has 0 bridgehead atoms. The number of hydrogen-bond acceptors (Lipinski definition) is 4. The highest BCUT2D eigenvalue weighted by atomic mass is 35.5. The predicted octanol–water partition coefficient (Wildman–Crippen LogP) is 1.16. The van der Waals surface area contributed by atoms with Crippen molar-refractivity contribution in [1.82, 2.24) is 4.72 Å². The monoisotopic (exact) mass is 305 g/mol. The molecule has 2 N–H and O–H groups in total. The lowest BCUT2D eigenvalue weighted by molar-refractivity contribution is -0.0228. The van der Waals surface area contributed by atoms with Crippen LogP contribution < -0.4 is 4.72 Å². The SMILES string of the molecule is CC1OCCC1(O)CNS(=O)(=O)c1ccccc1Cl. The molecular weight excluding hydrogens is 290 g/mol. The van der Waals surface area contributed by atoms with E-state index in [1.165, 1.54) is 12.1 Å². The fourth-order valence-corrected chi connectivity index (χ4v) is 3.58. The minimum Gasteiger partial charge on any atom is -0.386 e. The molecule has 1 aliphatic rings. The average Bonchev–Trinajstić information content (AvgIpc) is 2.68. The highest BCUT2D eigenvalue weighted by molar-refractivity contribution is 7.89. The number of rotatable bonds is 4. The highest BCUT2D eigenvalue weighted by Gasteiger charge is 2.40. The van der Waals surface area contributed by atoms with Crippen molar-refractivity contribution in [2.45, 2.75) is 29.9 Å². The number of benzene rings is 1. The smallest absolute Gasteiger partial charge is 0.242 e. The molecule has 1 aliphatic heterocycles. The molecule has 1 aromatic rings. The number of nitrogens with one attached hydrogen (secondary N) is 1. The van der Waals surface area contributed by atoms with Crippen molar-refractivity contribution in [2.75, 3.05) is 13.2 Å². The summed E-state index contributed by atoms with van der Waals surface area (Å²) in [6.07, 6.45) is 0.000553. The van der Waals surface area contributed by atoms with E-state index in [1.54, 1.807) is 19.1 Å². The first-order valence-electron chi connectivity index (χ1n) is 5.93. The van der Waals surface area contributed by atoms with Crippen LogP contribution in [-0.2, 0) is 14.8 Å². The summed E-state index contributed by atoms with van der Waals surface area (Å²) in [6, 6.07) is 6.17. The zero-order valence-corrected chi connectivity index (χ0v) is 12.0. The third-order valence-corrected chi connectivity index (χ3v) is 5.26. The normalized spacial score (nSPS) is 27.6. The van der Waals surface area contributed by atoms with Gasteiger partial charge in [0.2, 0.25) is 10.0 Å². The van der Waals surface area contributed by atoms with Crippen molar-refractivity contribution in [2.24, 2.45) is 0 Å². The number of halogens is 1. The Morgan fingerprint density at radius 2 is 2.21 bits per heavy atom. The molecule has 106 valence electrons. The molecule has 7 heteroatoms. The second kappa shape index (κ2) is 5.38. The molecule has 0 saturated carbocycles. The van der Waals surface area contributed by atoms with Gasteiger partial charge < -0.3 is 9.84 Å². The topological polar surface area (TPSA) is 75.6 Å². The van der Waals surface area contributed by atoms with Crippen LogP contribution in [0.4, 0.5) is 0 Å². The Labute approximate surface area is 117 Å². The first-order chi connectivity index (χ1) is 8.85. The zero-order valence-electron chi connectivity index (χ0n) is 10.5. The summed E-state index contributed by atoms with van der Waals surface area (Å²) in [5.41, 5.74) is -1.17. The van der Waals surface area contributed by atoms with Crippen LogP contribution in [0.5, 0.6) is 0 Å². The van der Waals surface area contributed by atoms with E-state index in [4.69, 9.17) is 16.3 Å². The summed E-state index contributed by atoms with van der Waals surface area (Å²) >= 11 is 5.86. The van der Waals surface area contributed by atoms with Crippen molar-refractivity contribution in [3.8, 4) is 0 Å². The third kappa shape index (κ3) is 3.09. The average molecular weight is 306 g/mol. The predicted molar refractivity (Wildman–Crippen MR) is 71.6 cm³/mol. The Kier molecular flexibility index (Phi) is 4.17. The van der Waals surface area contributed by atoms with Crippen molar-refractivity contribution in [3.05, 3.63) is 29.3 Å². The van der Waals surface area contributed by atoms with Gasteiger partial charge in [-0.2, -0.15) is 0 Å². The van der Waals surface area contributed by atoms with E-state index in [1.807, 2.05) is 0 Å². The van der Waals surface area contributed by atoms with Crippen LogP contribution in [0.15, 0.2) is 29.2 Å². The quantitative estimate of drug-likeness (QED) is 0.875. The molecule has 5 nitrogen and oxygen atoms in total. The van der Waals surface area contributed by atoms with Gasteiger partial charge in [-0.1, -0.05) is 23.7 Å². The molecule has 19 heavy (non-hydrogen) atoms. The van der Waals surface area contributed by atoms with E-state index in [9.17, 15) is 13.5 Å². The molecule has 1 aromatic carbocycles. The van der Waals surface area contributed by atoms with Gasteiger partial charge in [0.05, 0.1) is 11.1 Å². The molecule has 1 heterocycles. The van der Waals surface area contributed by atoms with Gasteiger partial charge in [0.15, 0.2) is 0 Å². The Hall–Kier alpha value is -0.660. The zero-order chi connectivity index (χ0) is 14.1. The first kappa shape index (κ1) is 14.7. The van der Waals surface area contributed by atoms with Gasteiger partial charge in [0.1, 0.15) is 10.5 Å². The van der Waals surface area contributed by atoms with Crippen molar-refractivity contribution < 1.29 is 18.3 Å². The molecule has 0 radical (unpaired) electrons. The van der Waals surface area contributed by atoms with Crippen LogP contribution in [0.3, 0.4) is 0 Å². The van der Waals surface area contributed by atoms with Crippen molar-refractivity contribution in [1.29, 1.82) is 0 Å². The maximum Gasteiger partial charge on any atom is 0.242 e. The summed E-state index contributed by atoms with van der Waals surface area (Å²) < 4.78 is 31.9. The van der Waals surface area contributed by atoms with Gasteiger partial charge >= 0.3 is 0 Å². The molecule has 2 rings (SSSR count). The lowest BCUT2D eigenvalue weighted by Gasteiger charge is -2.26. The van der Waals surface area contributed by atoms with Crippen LogP contribution >= 0.6 is 11.6 Å². The Morgan fingerprint density at radius 1 is 1.53 bits per heavy atom. The van der Waals surface area contributed by atoms with Gasteiger partial charge in [-0.15, -0.1) is 0 Å². The lowest BCUT2D eigenvalue weighted by atomic mass is 9.97. The molecule has 0 aromatic heterocycles. The Bertz CT molecular complexity index is 563. The summed E-state index contributed by atoms with van der Waals surface area (Å²) in [5, 5.41) is 10.4. The van der Waals surface area contributed by atoms with E-state index in [0.717, 1.165) is 0 Å². The number of ether oxygens (including phenoxy) is 1. The van der Waals surface area contributed by atoms with E-state index >= 15 is 0 Å². The molecule has 0 spiro atoms. The molecule has 2 atom stereocenters. The van der Waals surface area contributed by atoms with Gasteiger partial charge in [0, 0.05) is 19.6 Å². The van der Waals surface area contributed by atoms with Gasteiger partial charge in [-0.3, -0.25) is 0 Å². The molecule has 2 unspecified atom stereocenters. The standard InChI is InChI=1S/C12H16ClNO4S/c1-9-12(15,6-7-18-9)8-14-19(16,17)11-5-3-2-4-10(11)13/h2-5,9,14-15H,6-8H2,1H3. The van der Waals surface area contributed by atoms with Crippen molar-refractivity contribution in [3.63, 3.8) is 0 Å². The number of hydrogen-bond donors (Lipinski definition) is 2. The fraction of sp³-hybridized carbons (Fsp3) is 0.500. The van der Waals surface area contributed by atoms with Gasteiger partial charge in [0.25, 0.3) is 0 Å². The second-order valence-corrected chi connectivity index (χ2v) is 6.76. The summed E-state index contributed by atoms with van der Waals surface area (Å²) in [4.78, 5) is 0.00633. The molecular formula is C12H16ClNO4S. The van der Waals surface area contributed by atoms with Crippen LogP contribution in [-0.4, -0.2) is 38.4 Å². The van der Waals surface area contributed by atoms with Crippen LogP contribution in [0.25, 0.3) is 0 Å². The van der Waals surface area contributed by atoms with E-state index in [2.05, 4.69) is 4.72 Å². The summed E-state index contributed by atoms with van der Waals surface area (Å²) in [5.74, 6) is 0.